The molecule has 5 rings (SSSR count). The summed E-state index contributed by atoms with van der Waals surface area (Å²) < 4.78 is 5.99. The Morgan fingerprint density at radius 1 is 1.22 bits per heavy atom. The maximum absolute atomic E-state index is 12.5. The molecule has 2 aromatic carbocycles. The highest BCUT2D eigenvalue weighted by Crippen LogP contribution is 2.43. The number of benzene rings is 2. The van der Waals surface area contributed by atoms with Gasteiger partial charge in [0, 0.05) is 34.2 Å². The number of hydrazone groups is 1. The summed E-state index contributed by atoms with van der Waals surface area (Å²) in [7, 11) is 0. The summed E-state index contributed by atoms with van der Waals surface area (Å²) in [6, 6.07) is 17.5. The van der Waals surface area contributed by atoms with Gasteiger partial charge in [0.25, 0.3) is 0 Å². The van der Waals surface area contributed by atoms with Crippen molar-refractivity contribution in [2.75, 3.05) is 11.1 Å². The maximum Gasteiger partial charge on any atom is 0.250 e. The molecule has 2 amide bonds. The third-order valence-corrected chi connectivity index (χ3v) is 6.63. The topological polar surface area (TPSA) is 92.7 Å². The Morgan fingerprint density at radius 3 is 2.81 bits per heavy atom. The first-order chi connectivity index (χ1) is 15.6. The van der Waals surface area contributed by atoms with E-state index in [4.69, 9.17) is 4.74 Å². The molecule has 8 heteroatoms. The molecule has 7 nitrogen and oxygen atoms in total. The average Bonchev–Trinajstić information content (AvgIpc) is 3.60. The van der Waals surface area contributed by atoms with Crippen LogP contribution in [0, 0.1) is 18.8 Å². The van der Waals surface area contributed by atoms with Gasteiger partial charge in [-0.15, -0.1) is 0 Å². The summed E-state index contributed by atoms with van der Waals surface area (Å²) >= 11 is 1.41. The molecular weight excluding hydrogens is 424 g/mol. The van der Waals surface area contributed by atoms with Crippen molar-refractivity contribution >= 4 is 45.2 Å². The largest absolute Gasteiger partial charge is 0.489 e. The number of aryl methyl sites for hydroxylation is 1. The van der Waals surface area contributed by atoms with Crippen LogP contribution in [0.25, 0.3) is 10.9 Å². The number of anilines is 1. The number of amides is 2. The zero-order valence-corrected chi connectivity index (χ0v) is 18.3. The molecule has 2 N–H and O–H groups in total. The standard InChI is InChI=1S/C24H22N4O3S/c1-14-10-15(18-4-2-3-5-21(18)25-14)12-31-17-8-6-16(7-9-17)26-23(30)19-11-20(19)24-28-27-22(29)13-32-24/h2-10,19-20H,11-13H2,1H3,(H,26,30)(H,27,29). The predicted molar refractivity (Wildman–Crippen MR) is 126 cm³/mol. The Morgan fingerprint density at radius 2 is 2.03 bits per heavy atom. The summed E-state index contributed by atoms with van der Waals surface area (Å²) in [5.74, 6) is 0.962. The fourth-order valence-corrected chi connectivity index (χ4v) is 4.74. The summed E-state index contributed by atoms with van der Waals surface area (Å²) in [5.41, 5.74) is 6.22. The third-order valence-electron chi connectivity index (χ3n) is 5.53. The predicted octanol–water partition coefficient (Wildman–Crippen LogP) is 3.87. The Hall–Kier alpha value is -3.39. The van der Waals surface area contributed by atoms with E-state index in [0.717, 1.165) is 45.1 Å². The van der Waals surface area contributed by atoms with Crippen molar-refractivity contribution in [3.63, 3.8) is 0 Å². The highest BCUT2D eigenvalue weighted by Gasteiger charge is 2.47. The maximum atomic E-state index is 12.5. The molecule has 0 saturated heterocycles. The first-order valence-electron chi connectivity index (χ1n) is 10.4. The molecule has 3 aromatic rings. The van der Waals surface area contributed by atoms with Gasteiger partial charge >= 0.3 is 0 Å². The number of hydrogen-bond acceptors (Lipinski definition) is 6. The summed E-state index contributed by atoms with van der Waals surface area (Å²) in [6.07, 6.45) is 0.758. The van der Waals surface area contributed by atoms with Crippen LogP contribution < -0.4 is 15.5 Å². The fraction of sp³-hybridized carbons (Fsp3) is 0.250. The number of fused-ring (bicyclic) bond motifs is 1. The van der Waals surface area contributed by atoms with Crippen molar-refractivity contribution in [2.24, 2.45) is 16.9 Å². The summed E-state index contributed by atoms with van der Waals surface area (Å²) in [5, 5.41) is 8.96. The second-order valence-electron chi connectivity index (χ2n) is 7.96. The Kier molecular flexibility index (Phi) is 5.53. The van der Waals surface area contributed by atoms with Gasteiger partial charge in [-0.3, -0.25) is 14.6 Å². The van der Waals surface area contributed by atoms with E-state index in [0.29, 0.717) is 12.4 Å². The number of nitrogens with zero attached hydrogens (tertiary/aromatic N) is 2. The number of ether oxygens (including phenoxy) is 1. The summed E-state index contributed by atoms with van der Waals surface area (Å²) in [4.78, 5) is 28.3. The lowest BCUT2D eigenvalue weighted by atomic mass is 10.1. The lowest BCUT2D eigenvalue weighted by molar-refractivity contribution is -0.118. The second-order valence-corrected chi connectivity index (χ2v) is 8.96. The number of carbonyl (C=O) groups is 2. The summed E-state index contributed by atoms with van der Waals surface area (Å²) in [6.45, 7) is 2.42. The van der Waals surface area contributed by atoms with E-state index >= 15 is 0 Å². The number of hydrogen-bond donors (Lipinski definition) is 2. The SMILES string of the molecule is Cc1cc(COc2ccc(NC(=O)C3CC3C3=NNC(=O)CS3)cc2)c2ccccc2n1. The van der Waals surface area contributed by atoms with Crippen molar-refractivity contribution in [1.29, 1.82) is 0 Å². The number of para-hydroxylation sites is 1. The van der Waals surface area contributed by atoms with Crippen LogP contribution in [0.3, 0.4) is 0 Å². The number of rotatable bonds is 6. The molecule has 0 radical (unpaired) electrons. The van der Waals surface area contributed by atoms with E-state index < -0.39 is 0 Å². The zero-order valence-electron chi connectivity index (χ0n) is 17.5. The first kappa shape index (κ1) is 20.5. The van der Waals surface area contributed by atoms with Crippen molar-refractivity contribution in [1.82, 2.24) is 10.4 Å². The zero-order chi connectivity index (χ0) is 22.1. The van der Waals surface area contributed by atoms with Crippen molar-refractivity contribution < 1.29 is 14.3 Å². The Labute approximate surface area is 189 Å². The Bertz CT molecular complexity index is 1230. The van der Waals surface area contributed by atoms with E-state index in [9.17, 15) is 9.59 Å². The number of aromatic nitrogens is 1. The van der Waals surface area contributed by atoms with Gasteiger partial charge in [0.05, 0.1) is 16.3 Å². The molecule has 2 heterocycles. The minimum Gasteiger partial charge on any atom is -0.489 e. The highest BCUT2D eigenvalue weighted by molar-refractivity contribution is 8.14. The van der Waals surface area contributed by atoms with Crippen LogP contribution in [0.2, 0.25) is 0 Å². The van der Waals surface area contributed by atoms with Gasteiger partial charge in [-0.25, -0.2) is 5.43 Å². The van der Waals surface area contributed by atoms with Gasteiger partial charge in [-0.2, -0.15) is 5.10 Å². The van der Waals surface area contributed by atoms with E-state index in [1.165, 1.54) is 11.8 Å². The van der Waals surface area contributed by atoms with Gasteiger partial charge in [-0.05, 0) is 49.7 Å². The number of carbonyl (C=O) groups excluding carboxylic acids is 2. The van der Waals surface area contributed by atoms with Crippen LogP contribution in [0.5, 0.6) is 5.75 Å². The second kappa shape index (κ2) is 8.63. The number of pyridine rings is 1. The molecule has 2 atom stereocenters. The van der Waals surface area contributed by atoms with E-state index in [1.54, 1.807) is 0 Å². The van der Waals surface area contributed by atoms with Crippen LogP contribution in [0.4, 0.5) is 5.69 Å². The molecule has 32 heavy (non-hydrogen) atoms. The molecule has 0 spiro atoms. The molecule has 1 aromatic heterocycles. The van der Waals surface area contributed by atoms with Crippen molar-refractivity contribution in [3.05, 3.63) is 65.9 Å². The molecule has 1 aliphatic carbocycles. The molecule has 2 aliphatic rings. The highest BCUT2D eigenvalue weighted by atomic mass is 32.2. The quantitative estimate of drug-likeness (QED) is 0.600. The number of thioether (sulfide) groups is 1. The fourth-order valence-electron chi connectivity index (χ4n) is 3.81. The van der Waals surface area contributed by atoms with Gasteiger partial charge in [-0.1, -0.05) is 30.0 Å². The number of nitrogens with one attached hydrogen (secondary N) is 2. The minimum absolute atomic E-state index is 0.0254. The monoisotopic (exact) mass is 446 g/mol. The lowest BCUT2D eigenvalue weighted by Crippen LogP contribution is -2.27. The smallest absolute Gasteiger partial charge is 0.250 e. The first-order valence-corrected chi connectivity index (χ1v) is 11.4. The van der Waals surface area contributed by atoms with E-state index in [1.807, 2.05) is 55.5 Å². The van der Waals surface area contributed by atoms with E-state index in [2.05, 4.69) is 26.9 Å². The lowest BCUT2D eigenvalue weighted by Gasteiger charge is -2.12. The van der Waals surface area contributed by atoms with Gasteiger partial charge in [0.1, 0.15) is 12.4 Å². The molecular formula is C24H22N4O3S. The van der Waals surface area contributed by atoms with Gasteiger partial charge in [0.2, 0.25) is 11.8 Å². The molecule has 0 bridgehead atoms. The molecule has 1 saturated carbocycles. The van der Waals surface area contributed by atoms with Crippen molar-refractivity contribution in [3.8, 4) is 5.75 Å². The van der Waals surface area contributed by atoms with Crippen LogP contribution in [0.1, 0.15) is 17.7 Å². The normalized spacial score (nSPS) is 19.8. The molecule has 1 fully saturated rings. The van der Waals surface area contributed by atoms with Crippen LogP contribution >= 0.6 is 11.8 Å². The molecule has 1 aliphatic heterocycles. The van der Waals surface area contributed by atoms with Crippen LogP contribution in [-0.2, 0) is 16.2 Å². The molecule has 2 unspecified atom stereocenters. The van der Waals surface area contributed by atoms with Crippen LogP contribution in [0.15, 0.2) is 59.7 Å². The Balaban J connectivity index is 1.18. The average molecular weight is 447 g/mol. The third kappa shape index (κ3) is 4.45. The minimum atomic E-state index is -0.102. The van der Waals surface area contributed by atoms with Gasteiger partial charge in [0.15, 0.2) is 0 Å². The van der Waals surface area contributed by atoms with Crippen LogP contribution in [-0.4, -0.2) is 27.6 Å². The van der Waals surface area contributed by atoms with Crippen molar-refractivity contribution in [2.45, 2.75) is 20.0 Å². The van der Waals surface area contributed by atoms with Gasteiger partial charge < -0.3 is 10.1 Å². The van der Waals surface area contributed by atoms with E-state index in [-0.39, 0.29) is 23.7 Å². The molecule has 162 valence electrons.